The second-order valence-corrected chi connectivity index (χ2v) is 8.88. The highest BCUT2D eigenvalue weighted by Gasteiger charge is 2.68. The number of hydrogen-bond donors (Lipinski definition) is 0. The van der Waals surface area contributed by atoms with Gasteiger partial charge in [-0.2, -0.15) is 4.98 Å². The third-order valence-corrected chi connectivity index (χ3v) is 6.91. The maximum atomic E-state index is 12.9. The van der Waals surface area contributed by atoms with Gasteiger partial charge in [-0.05, 0) is 30.5 Å². The normalized spacial score (nSPS) is 24.5. The van der Waals surface area contributed by atoms with Crippen LogP contribution in [0, 0.1) is 18.3 Å². The van der Waals surface area contributed by atoms with Crippen LogP contribution in [-0.2, 0) is 6.54 Å². The van der Waals surface area contributed by atoms with Crippen LogP contribution in [-0.4, -0.2) is 37.8 Å². The predicted octanol–water partition coefficient (Wildman–Crippen LogP) is 2.77. The van der Waals surface area contributed by atoms with E-state index in [9.17, 15) is 4.79 Å². The fourth-order valence-corrected chi connectivity index (χ4v) is 5.19. The van der Waals surface area contributed by atoms with Gasteiger partial charge < -0.3 is 9.42 Å². The quantitative estimate of drug-likeness (QED) is 0.507. The first kappa shape index (κ1) is 18.2. The van der Waals surface area contributed by atoms with E-state index in [4.69, 9.17) is 4.52 Å². The summed E-state index contributed by atoms with van der Waals surface area (Å²) in [5, 5.41) is 4.83. The van der Waals surface area contributed by atoms with Gasteiger partial charge in [-0.15, -0.1) is 0 Å². The first-order valence-corrected chi connectivity index (χ1v) is 10.5. The van der Waals surface area contributed by atoms with Crippen LogP contribution in [0.1, 0.15) is 30.1 Å². The van der Waals surface area contributed by atoms with Crippen LogP contribution in [0.25, 0.3) is 10.9 Å². The smallest absolute Gasteiger partial charge is 0.262 e. The van der Waals surface area contributed by atoms with Gasteiger partial charge >= 0.3 is 0 Å². The van der Waals surface area contributed by atoms with Gasteiger partial charge in [0.1, 0.15) is 6.54 Å². The van der Waals surface area contributed by atoms with E-state index in [1.54, 1.807) is 12.4 Å². The van der Waals surface area contributed by atoms with E-state index in [0.29, 0.717) is 28.6 Å². The van der Waals surface area contributed by atoms with E-state index < -0.39 is 0 Å². The van der Waals surface area contributed by atoms with Crippen LogP contribution in [0.5, 0.6) is 0 Å². The van der Waals surface area contributed by atoms with E-state index in [0.717, 1.165) is 24.5 Å². The molecule has 156 valence electrons. The Morgan fingerprint density at radius 2 is 2.06 bits per heavy atom. The fourth-order valence-electron chi connectivity index (χ4n) is 5.19. The Balaban J connectivity index is 1.21. The van der Waals surface area contributed by atoms with Crippen LogP contribution in [0.15, 0.2) is 58.4 Å². The Labute approximate surface area is 178 Å². The molecule has 8 heteroatoms. The molecule has 1 saturated carbocycles. The van der Waals surface area contributed by atoms with Crippen LogP contribution in [0.3, 0.4) is 0 Å². The van der Waals surface area contributed by atoms with E-state index in [2.05, 4.69) is 56.2 Å². The molecule has 6 rings (SSSR count). The molecule has 2 aliphatic rings. The molecule has 3 atom stereocenters. The predicted molar refractivity (Wildman–Crippen MR) is 115 cm³/mol. The molecule has 0 bridgehead atoms. The minimum atomic E-state index is -0.126. The lowest BCUT2D eigenvalue weighted by atomic mass is 10.1. The molecule has 0 amide bonds. The fraction of sp³-hybridized carbons (Fsp3) is 0.348. The topological polar surface area (TPSA) is 89.9 Å². The number of rotatable bonds is 4. The molecule has 0 N–H and O–H groups in total. The summed E-state index contributed by atoms with van der Waals surface area (Å²) in [5.41, 5.74) is 2.68. The molecule has 1 aromatic carbocycles. The zero-order valence-electron chi connectivity index (χ0n) is 17.4. The number of benzene rings is 1. The van der Waals surface area contributed by atoms with Crippen molar-refractivity contribution < 1.29 is 4.52 Å². The monoisotopic (exact) mass is 414 g/mol. The van der Waals surface area contributed by atoms with Crippen molar-refractivity contribution in [1.82, 2.24) is 24.7 Å². The van der Waals surface area contributed by atoms with Gasteiger partial charge in [-0.3, -0.25) is 14.3 Å². The number of pyridine rings is 1. The number of aromatic nitrogens is 5. The summed E-state index contributed by atoms with van der Waals surface area (Å²) in [6.07, 6.45) is 4.79. The van der Waals surface area contributed by atoms with E-state index >= 15 is 0 Å². The summed E-state index contributed by atoms with van der Waals surface area (Å²) >= 11 is 0. The largest absolute Gasteiger partial charge is 0.371 e. The number of aryl methyl sites for hydroxylation is 1. The zero-order valence-corrected chi connectivity index (χ0v) is 17.4. The van der Waals surface area contributed by atoms with Gasteiger partial charge in [0.05, 0.1) is 23.4 Å². The van der Waals surface area contributed by atoms with Crippen molar-refractivity contribution in [1.29, 1.82) is 0 Å². The number of anilines is 1. The van der Waals surface area contributed by atoms with Crippen molar-refractivity contribution in [2.24, 2.45) is 11.3 Å². The molecule has 31 heavy (non-hydrogen) atoms. The summed E-state index contributed by atoms with van der Waals surface area (Å²) in [5.74, 6) is 1.99. The highest BCUT2D eigenvalue weighted by molar-refractivity contribution is 5.79. The Morgan fingerprint density at radius 3 is 2.84 bits per heavy atom. The molecule has 1 unspecified atom stereocenters. The summed E-state index contributed by atoms with van der Waals surface area (Å²) in [6, 6.07) is 10.5. The average molecular weight is 414 g/mol. The molecule has 8 nitrogen and oxygen atoms in total. The van der Waals surface area contributed by atoms with Gasteiger partial charge in [0.15, 0.2) is 5.82 Å². The Hall–Kier alpha value is -3.55. The minimum Gasteiger partial charge on any atom is -0.371 e. The molecular formula is C23H22N6O2. The van der Waals surface area contributed by atoms with Gasteiger partial charge in [0.25, 0.3) is 5.56 Å². The molecule has 4 heterocycles. The number of para-hydroxylation sites is 1. The average Bonchev–Trinajstić information content (AvgIpc) is 3.09. The maximum Gasteiger partial charge on any atom is 0.262 e. The lowest BCUT2D eigenvalue weighted by Gasteiger charge is -2.23. The highest BCUT2D eigenvalue weighted by atomic mass is 16.5. The molecule has 0 radical (unpaired) electrons. The molecule has 2 fully saturated rings. The highest BCUT2D eigenvalue weighted by Crippen LogP contribution is 2.68. The number of hydrogen-bond acceptors (Lipinski definition) is 7. The van der Waals surface area contributed by atoms with Crippen molar-refractivity contribution in [3.8, 4) is 0 Å². The van der Waals surface area contributed by atoms with Crippen molar-refractivity contribution in [2.45, 2.75) is 26.3 Å². The SMILES string of the molecule is Cc1cncc2ncn(Cc3nc([C@H]4[C@@H]5CN(c6ccccc6)CC54C)no3)c(=O)c12. The Morgan fingerprint density at radius 1 is 1.23 bits per heavy atom. The second kappa shape index (κ2) is 6.47. The summed E-state index contributed by atoms with van der Waals surface area (Å²) in [4.78, 5) is 28.4. The molecular weight excluding hydrogens is 392 g/mol. The second-order valence-electron chi connectivity index (χ2n) is 8.88. The first-order chi connectivity index (χ1) is 15.0. The van der Waals surface area contributed by atoms with E-state index in [1.807, 2.05) is 13.0 Å². The number of fused-ring (bicyclic) bond motifs is 2. The van der Waals surface area contributed by atoms with E-state index in [-0.39, 0.29) is 17.5 Å². The standard InChI is InChI=1S/C23H22N6O2/c1-14-8-24-9-17-19(14)22(30)29(13-25-17)11-18-26-21(27-31-18)20-16-10-28(12-23(16,20)2)15-6-4-3-5-7-15/h3-9,13,16,20H,10-12H2,1-2H3/t16-,20+,23?/m0/s1. The Kier molecular flexibility index (Phi) is 3.81. The Bertz CT molecular complexity index is 1350. The van der Waals surface area contributed by atoms with Crippen LogP contribution in [0.2, 0.25) is 0 Å². The van der Waals surface area contributed by atoms with Gasteiger partial charge in [-0.1, -0.05) is 30.3 Å². The third kappa shape index (κ3) is 2.78. The van der Waals surface area contributed by atoms with Gasteiger partial charge in [0.2, 0.25) is 5.89 Å². The molecule has 3 aromatic heterocycles. The summed E-state index contributed by atoms with van der Waals surface area (Å²) in [6.45, 7) is 6.35. The summed E-state index contributed by atoms with van der Waals surface area (Å²) < 4.78 is 7.03. The van der Waals surface area contributed by atoms with Crippen molar-refractivity contribution in [3.05, 3.63) is 76.7 Å². The molecule has 1 aliphatic heterocycles. The molecule has 1 saturated heterocycles. The molecule has 0 spiro atoms. The number of piperidine rings is 1. The van der Waals surface area contributed by atoms with Crippen molar-refractivity contribution in [2.75, 3.05) is 18.0 Å². The van der Waals surface area contributed by atoms with Crippen LogP contribution in [0.4, 0.5) is 5.69 Å². The molecule has 1 aliphatic carbocycles. The third-order valence-electron chi connectivity index (χ3n) is 6.91. The summed E-state index contributed by atoms with van der Waals surface area (Å²) in [7, 11) is 0. The van der Waals surface area contributed by atoms with Crippen molar-refractivity contribution in [3.63, 3.8) is 0 Å². The number of nitrogens with zero attached hydrogens (tertiary/aromatic N) is 6. The van der Waals surface area contributed by atoms with Gasteiger partial charge in [0, 0.05) is 36.3 Å². The zero-order chi connectivity index (χ0) is 21.2. The lowest BCUT2D eigenvalue weighted by Crippen LogP contribution is -2.26. The van der Waals surface area contributed by atoms with Crippen molar-refractivity contribution >= 4 is 16.6 Å². The minimum absolute atomic E-state index is 0.126. The van der Waals surface area contributed by atoms with Gasteiger partial charge in [-0.25, -0.2) is 4.98 Å². The van der Waals surface area contributed by atoms with E-state index in [1.165, 1.54) is 16.6 Å². The first-order valence-electron chi connectivity index (χ1n) is 10.5. The maximum absolute atomic E-state index is 12.9. The molecule has 4 aromatic rings. The van der Waals surface area contributed by atoms with Crippen LogP contribution >= 0.6 is 0 Å². The lowest BCUT2D eigenvalue weighted by molar-refractivity contribution is 0.362. The van der Waals surface area contributed by atoms with Crippen LogP contribution < -0.4 is 10.5 Å².